The number of hydrogen-bond donors (Lipinski definition) is 0. The molecule has 1 unspecified atom stereocenters. The standard InChI is InChI=1S/C14H18Cl2N2S/c1-10(9-19-2)8-18-13-7-11(16)3-4-12(13)17-14(18)5-6-15/h3-4,7,10H,5-6,8-9H2,1-2H3. The first-order valence-corrected chi connectivity index (χ1v) is 8.66. The molecular weight excluding hydrogens is 299 g/mol. The molecule has 0 amide bonds. The lowest BCUT2D eigenvalue weighted by atomic mass is 10.2. The highest BCUT2D eigenvalue weighted by atomic mass is 35.5. The highest BCUT2D eigenvalue weighted by Gasteiger charge is 2.13. The molecule has 19 heavy (non-hydrogen) atoms. The Kier molecular flexibility index (Phi) is 5.43. The molecule has 2 aromatic rings. The number of nitrogens with zero attached hydrogens (tertiary/aromatic N) is 2. The van der Waals surface area contributed by atoms with Crippen molar-refractivity contribution in [3.05, 3.63) is 29.0 Å². The Bertz CT molecular complexity index is 554. The van der Waals surface area contributed by atoms with Crippen molar-refractivity contribution in [3.8, 4) is 0 Å². The van der Waals surface area contributed by atoms with Crippen LogP contribution in [0.2, 0.25) is 5.02 Å². The van der Waals surface area contributed by atoms with Crippen molar-refractivity contribution in [2.45, 2.75) is 19.9 Å². The Morgan fingerprint density at radius 2 is 2.21 bits per heavy atom. The molecule has 5 heteroatoms. The van der Waals surface area contributed by atoms with E-state index in [0.29, 0.717) is 11.8 Å². The summed E-state index contributed by atoms with van der Waals surface area (Å²) in [5.41, 5.74) is 2.11. The van der Waals surface area contributed by atoms with Crippen molar-refractivity contribution < 1.29 is 0 Å². The predicted molar refractivity (Wildman–Crippen MR) is 86.7 cm³/mol. The molecule has 1 heterocycles. The third-order valence-electron chi connectivity index (χ3n) is 3.05. The average molecular weight is 317 g/mol. The Balaban J connectivity index is 2.41. The van der Waals surface area contributed by atoms with E-state index in [4.69, 9.17) is 23.2 Å². The van der Waals surface area contributed by atoms with Crippen LogP contribution in [0.15, 0.2) is 18.2 Å². The summed E-state index contributed by atoms with van der Waals surface area (Å²) in [4.78, 5) is 4.67. The van der Waals surface area contributed by atoms with Crippen LogP contribution >= 0.6 is 35.0 Å². The second-order valence-corrected chi connectivity index (χ2v) is 6.50. The molecule has 0 saturated heterocycles. The Labute approximate surface area is 128 Å². The number of alkyl halides is 1. The molecule has 2 nitrogen and oxygen atoms in total. The highest BCUT2D eigenvalue weighted by Crippen LogP contribution is 2.23. The molecule has 0 aliphatic heterocycles. The second kappa shape index (κ2) is 6.87. The summed E-state index contributed by atoms with van der Waals surface area (Å²) in [5, 5.41) is 0.753. The van der Waals surface area contributed by atoms with Gasteiger partial charge in [0.25, 0.3) is 0 Å². The van der Waals surface area contributed by atoms with E-state index >= 15 is 0 Å². The lowest BCUT2D eigenvalue weighted by Crippen LogP contribution is -2.13. The van der Waals surface area contributed by atoms with Gasteiger partial charge in [0, 0.05) is 23.9 Å². The lowest BCUT2D eigenvalue weighted by Gasteiger charge is -2.14. The highest BCUT2D eigenvalue weighted by molar-refractivity contribution is 7.98. The first-order chi connectivity index (χ1) is 9.15. The summed E-state index contributed by atoms with van der Waals surface area (Å²) < 4.78 is 2.27. The molecule has 1 aromatic heterocycles. The summed E-state index contributed by atoms with van der Waals surface area (Å²) >= 11 is 13.9. The molecule has 0 aliphatic carbocycles. The molecule has 0 N–H and O–H groups in total. The third-order valence-corrected chi connectivity index (χ3v) is 4.38. The van der Waals surface area contributed by atoms with Crippen molar-refractivity contribution in [3.63, 3.8) is 0 Å². The van der Waals surface area contributed by atoms with Crippen LogP contribution in [-0.2, 0) is 13.0 Å². The van der Waals surface area contributed by atoms with E-state index in [-0.39, 0.29) is 0 Å². The third kappa shape index (κ3) is 3.59. The fourth-order valence-electron chi connectivity index (χ4n) is 2.27. The maximum absolute atomic E-state index is 6.10. The zero-order chi connectivity index (χ0) is 13.8. The summed E-state index contributed by atoms with van der Waals surface area (Å²) in [5.74, 6) is 3.38. The van der Waals surface area contributed by atoms with Crippen LogP contribution in [0.4, 0.5) is 0 Å². The van der Waals surface area contributed by atoms with Gasteiger partial charge in [0.05, 0.1) is 11.0 Å². The van der Waals surface area contributed by atoms with E-state index in [1.807, 2.05) is 30.0 Å². The molecule has 1 aromatic carbocycles. The summed E-state index contributed by atoms with van der Waals surface area (Å²) in [6.45, 7) is 3.22. The fraction of sp³-hybridized carbons (Fsp3) is 0.500. The molecule has 0 aliphatic rings. The minimum Gasteiger partial charge on any atom is -0.328 e. The van der Waals surface area contributed by atoms with E-state index < -0.39 is 0 Å². The zero-order valence-electron chi connectivity index (χ0n) is 11.2. The predicted octanol–water partition coefficient (Wildman–Crippen LogP) is 4.47. The summed E-state index contributed by atoms with van der Waals surface area (Å²) in [7, 11) is 0. The molecule has 0 saturated carbocycles. The van der Waals surface area contributed by atoms with Gasteiger partial charge in [-0.1, -0.05) is 18.5 Å². The molecule has 0 fully saturated rings. The van der Waals surface area contributed by atoms with Crippen LogP contribution in [0.5, 0.6) is 0 Å². The van der Waals surface area contributed by atoms with Gasteiger partial charge < -0.3 is 4.57 Å². The van der Waals surface area contributed by atoms with Gasteiger partial charge in [-0.15, -0.1) is 11.6 Å². The molecular formula is C14H18Cl2N2S. The van der Waals surface area contributed by atoms with Crippen molar-refractivity contribution in [1.29, 1.82) is 0 Å². The van der Waals surface area contributed by atoms with Crippen molar-refractivity contribution in [2.75, 3.05) is 17.9 Å². The topological polar surface area (TPSA) is 17.8 Å². The second-order valence-electron chi connectivity index (χ2n) is 4.77. The van der Waals surface area contributed by atoms with E-state index in [1.54, 1.807) is 0 Å². The molecule has 0 spiro atoms. The van der Waals surface area contributed by atoms with Crippen LogP contribution in [0.25, 0.3) is 11.0 Å². The van der Waals surface area contributed by atoms with E-state index in [1.165, 1.54) is 0 Å². The van der Waals surface area contributed by atoms with Gasteiger partial charge in [0.1, 0.15) is 5.82 Å². The molecule has 0 radical (unpaired) electrons. The first-order valence-electron chi connectivity index (χ1n) is 6.35. The smallest absolute Gasteiger partial charge is 0.111 e. The van der Waals surface area contributed by atoms with Gasteiger partial charge in [-0.3, -0.25) is 0 Å². The van der Waals surface area contributed by atoms with E-state index in [2.05, 4.69) is 22.7 Å². The maximum Gasteiger partial charge on any atom is 0.111 e. The first kappa shape index (κ1) is 15.0. The lowest BCUT2D eigenvalue weighted by molar-refractivity contribution is 0.526. The monoisotopic (exact) mass is 316 g/mol. The number of halogens is 2. The number of benzene rings is 1. The quantitative estimate of drug-likeness (QED) is 0.732. The van der Waals surface area contributed by atoms with E-state index in [0.717, 1.165) is 40.6 Å². The van der Waals surface area contributed by atoms with Crippen LogP contribution in [0.1, 0.15) is 12.7 Å². The van der Waals surface area contributed by atoms with Gasteiger partial charge in [0.15, 0.2) is 0 Å². The number of thioether (sulfide) groups is 1. The minimum absolute atomic E-state index is 0.591. The SMILES string of the molecule is CSCC(C)Cn1c(CCCl)nc2ccc(Cl)cc21. The van der Waals surface area contributed by atoms with Crippen LogP contribution in [0.3, 0.4) is 0 Å². The van der Waals surface area contributed by atoms with Gasteiger partial charge >= 0.3 is 0 Å². The maximum atomic E-state index is 6.10. The number of hydrogen-bond acceptors (Lipinski definition) is 2. The Morgan fingerprint density at radius 1 is 1.42 bits per heavy atom. The van der Waals surface area contributed by atoms with Gasteiger partial charge in [0.2, 0.25) is 0 Å². The van der Waals surface area contributed by atoms with E-state index in [9.17, 15) is 0 Å². The molecule has 0 bridgehead atoms. The average Bonchev–Trinajstić information content (AvgIpc) is 2.68. The molecule has 2 rings (SSSR count). The van der Waals surface area contributed by atoms with Gasteiger partial charge in [-0.25, -0.2) is 4.98 Å². The van der Waals surface area contributed by atoms with Crippen molar-refractivity contribution >= 4 is 46.0 Å². The minimum atomic E-state index is 0.591. The molecule has 1 atom stereocenters. The van der Waals surface area contributed by atoms with Crippen LogP contribution in [0, 0.1) is 5.92 Å². The number of fused-ring (bicyclic) bond motifs is 1. The van der Waals surface area contributed by atoms with Crippen LogP contribution in [-0.4, -0.2) is 27.4 Å². The molecule has 104 valence electrons. The normalized spacial score (nSPS) is 13.1. The number of imidazole rings is 1. The van der Waals surface area contributed by atoms with Gasteiger partial charge in [-0.05, 0) is 36.1 Å². The summed E-state index contributed by atoms with van der Waals surface area (Å²) in [6.07, 6.45) is 2.93. The number of aryl methyl sites for hydroxylation is 1. The van der Waals surface area contributed by atoms with Gasteiger partial charge in [-0.2, -0.15) is 11.8 Å². The number of rotatable bonds is 6. The Morgan fingerprint density at radius 3 is 2.89 bits per heavy atom. The van der Waals surface area contributed by atoms with Crippen LogP contribution < -0.4 is 0 Å². The van der Waals surface area contributed by atoms with Crippen molar-refractivity contribution in [1.82, 2.24) is 9.55 Å². The van der Waals surface area contributed by atoms with Crippen molar-refractivity contribution in [2.24, 2.45) is 5.92 Å². The Hall–Kier alpha value is -0.380. The fourth-order valence-corrected chi connectivity index (χ4v) is 3.28. The number of aromatic nitrogens is 2. The largest absolute Gasteiger partial charge is 0.328 e. The summed E-state index contributed by atoms with van der Waals surface area (Å²) in [6, 6.07) is 5.86. The zero-order valence-corrected chi connectivity index (χ0v) is 13.5.